The molecule has 2 N–H and O–H groups in total. The van der Waals surface area contributed by atoms with Crippen LogP contribution in [0.4, 0.5) is 0 Å². The minimum absolute atomic E-state index is 0.0270. The lowest BCUT2D eigenvalue weighted by atomic mass is 10.2. The summed E-state index contributed by atoms with van der Waals surface area (Å²) in [7, 11) is 1.59. The van der Waals surface area contributed by atoms with Gasteiger partial charge in [-0.3, -0.25) is 9.59 Å². The van der Waals surface area contributed by atoms with Crippen LogP contribution in [0.15, 0.2) is 18.2 Å². The van der Waals surface area contributed by atoms with E-state index in [9.17, 15) is 9.59 Å². The fraction of sp³-hybridized carbons (Fsp3) is 0.412. The number of nitrogens with one attached hydrogen (secondary N) is 1. The van der Waals surface area contributed by atoms with Gasteiger partial charge in [0.15, 0.2) is 5.75 Å². The molecule has 0 saturated heterocycles. The van der Waals surface area contributed by atoms with E-state index >= 15 is 0 Å². The van der Waals surface area contributed by atoms with Crippen molar-refractivity contribution in [2.45, 2.75) is 32.8 Å². The second-order valence-electron chi connectivity index (χ2n) is 5.54. The van der Waals surface area contributed by atoms with Gasteiger partial charge in [-0.1, -0.05) is 0 Å². The van der Waals surface area contributed by atoms with Crippen LogP contribution in [0.3, 0.4) is 0 Å². The van der Waals surface area contributed by atoms with Crippen LogP contribution in [0.5, 0.6) is 11.5 Å². The molecule has 24 heavy (non-hydrogen) atoms. The van der Waals surface area contributed by atoms with Crippen LogP contribution in [-0.4, -0.2) is 36.7 Å². The van der Waals surface area contributed by atoms with Gasteiger partial charge in [-0.05, 0) is 38.5 Å². The molecule has 1 aromatic heterocycles. The van der Waals surface area contributed by atoms with Crippen LogP contribution in [0.2, 0.25) is 0 Å². The number of rotatable bonds is 8. The van der Waals surface area contributed by atoms with E-state index in [1.165, 1.54) is 11.3 Å². The van der Waals surface area contributed by atoms with Crippen molar-refractivity contribution in [3.63, 3.8) is 0 Å². The van der Waals surface area contributed by atoms with Gasteiger partial charge in [0.25, 0.3) is 5.91 Å². The van der Waals surface area contributed by atoms with Gasteiger partial charge in [-0.2, -0.15) is 0 Å². The smallest absolute Gasteiger partial charge is 0.303 e. The highest BCUT2D eigenvalue weighted by Crippen LogP contribution is 2.40. The van der Waals surface area contributed by atoms with Gasteiger partial charge in [0.2, 0.25) is 0 Å². The second-order valence-corrected chi connectivity index (χ2v) is 6.59. The maximum Gasteiger partial charge on any atom is 0.303 e. The largest absolute Gasteiger partial charge is 0.497 e. The Kier molecular flexibility index (Phi) is 6.03. The Morgan fingerprint density at radius 3 is 2.71 bits per heavy atom. The van der Waals surface area contributed by atoms with Crippen LogP contribution in [0.25, 0.3) is 10.1 Å². The lowest BCUT2D eigenvalue weighted by molar-refractivity contribution is -0.137. The number of methoxy groups -OCH3 is 1. The van der Waals surface area contributed by atoms with Gasteiger partial charge >= 0.3 is 5.97 Å². The van der Waals surface area contributed by atoms with Gasteiger partial charge in [-0.25, -0.2) is 0 Å². The predicted octanol–water partition coefficient (Wildman–Crippen LogP) is 3.29. The number of aliphatic carboxylic acids is 1. The molecule has 0 saturated carbocycles. The van der Waals surface area contributed by atoms with Gasteiger partial charge in [0.1, 0.15) is 10.6 Å². The third-order valence-electron chi connectivity index (χ3n) is 3.26. The third kappa shape index (κ3) is 4.38. The van der Waals surface area contributed by atoms with Crippen molar-refractivity contribution in [3.8, 4) is 11.5 Å². The minimum atomic E-state index is -0.873. The molecule has 1 amide bonds. The Balaban J connectivity index is 2.27. The summed E-state index contributed by atoms with van der Waals surface area (Å²) in [5.41, 5.74) is 0. The molecule has 2 rings (SSSR count). The number of benzene rings is 1. The summed E-state index contributed by atoms with van der Waals surface area (Å²) in [6.45, 7) is 4.11. The van der Waals surface area contributed by atoms with E-state index in [1.54, 1.807) is 7.11 Å². The number of carboxylic acids is 1. The fourth-order valence-electron chi connectivity index (χ4n) is 2.21. The Morgan fingerprint density at radius 1 is 1.33 bits per heavy atom. The molecule has 1 aromatic carbocycles. The molecule has 0 bridgehead atoms. The summed E-state index contributed by atoms with van der Waals surface area (Å²) < 4.78 is 12.0. The summed E-state index contributed by atoms with van der Waals surface area (Å²) >= 11 is 1.35. The van der Waals surface area contributed by atoms with E-state index in [-0.39, 0.29) is 18.4 Å². The number of carbonyl (C=O) groups excluding carboxylic acids is 1. The molecule has 0 aliphatic rings. The molecule has 2 aromatic rings. The minimum Gasteiger partial charge on any atom is -0.497 e. The number of ether oxygens (including phenoxy) is 2. The highest BCUT2D eigenvalue weighted by atomic mass is 32.1. The van der Waals surface area contributed by atoms with Crippen LogP contribution in [0, 0.1) is 0 Å². The first kappa shape index (κ1) is 18.1. The zero-order valence-electron chi connectivity index (χ0n) is 13.9. The second kappa shape index (κ2) is 8.01. The molecule has 7 heteroatoms. The van der Waals surface area contributed by atoms with Crippen LogP contribution in [0.1, 0.15) is 36.4 Å². The maximum absolute atomic E-state index is 12.5. The molecule has 0 aliphatic heterocycles. The van der Waals surface area contributed by atoms with Crippen molar-refractivity contribution in [2.24, 2.45) is 0 Å². The summed E-state index contributed by atoms with van der Waals surface area (Å²) in [4.78, 5) is 23.5. The van der Waals surface area contributed by atoms with Crippen LogP contribution in [-0.2, 0) is 4.79 Å². The normalized spacial score (nSPS) is 10.8. The maximum atomic E-state index is 12.5. The molecular weight excluding hydrogens is 330 g/mol. The number of hydrogen-bond donors (Lipinski definition) is 2. The Bertz CT molecular complexity index is 738. The third-order valence-corrected chi connectivity index (χ3v) is 4.41. The van der Waals surface area contributed by atoms with Gasteiger partial charge in [-0.15, -0.1) is 11.3 Å². The van der Waals surface area contributed by atoms with Gasteiger partial charge in [0, 0.05) is 23.1 Å². The monoisotopic (exact) mass is 351 g/mol. The lowest BCUT2D eigenvalue weighted by Gasteiger charge is -2.11. The van der Waals surface area contributed by atoms with Crippen LogP contribution < -0.4 is 14.8 Å². The van der Waals surface area contributed by atoms with Crippen molar-refractivity contribution in [2.75, 3.05) is 13.7 Å². The average molecular weight is 351 g/mol. The summed E-state index contributed by atoms with van der Waals surface area (Å²) in [5, 5.41) is 12.2. The highest BCUT2D eigenvalue weighted by Gasteiger charge is 2.21. The Labute approximate surface area is 144 Å². The van der Waals surface area contributed by atoms with E-state index in [2.05, 4.69) is 5.32 Å². The zero-order valence-corrected chi connectivity index (χ0v) is 14.7. The van der Waals surface area contributed by atoms with E-state index in [0.29, 0.717) is 29.3 Å². The lowest BCUT2D eigenvalue weighted by Crippen LogP contribution is -2.24. The Morgan fingerprint density at radius 2 is 2.08 bits per heavy atom. The summed E-state index contributed by atoms with van der Waals surface area (Å²) in [6, 6.07) is 5.59. The number of amides is 1. The average Bonchev–Trinajstić information content (AvgIpc) is 2.88. The number of carboxylic acid groups (broad SMARTS) is 1. The molecule has 0 unspecified atom stereocenters. The van der Waals surface area contributed by atoms with E-state index in [1.807, 2.05) is 32.0 Å². The molecule has 0 radical (unpaired) electrons. The van der Waals surface area contributed by atoms with Crippen molar-refractivity contribution in [3.05, 3.63) is 23.1 Å². The van der Waals surface area contributed by atoms with E-state index < -0.39 is 5.97 Å². The summed E-state index contributed by atoms with van der Waals surface area (Å²) in [6.07, 6.45) is 0.340. The number of carbonyl (C=O) groups is 2. The first-order valence-corrected chi connectivity index (χ1v) is 8.51. The number of thiophene rings is 1. The Hall–Kier alpha value is -2.28. The predicted molar refractivity (Wildman–Crippen MR) is 93.3 cm³/mol. The SMILES string of the molecule is COc1ccc2sc(C(=O)NCCCC(=O)O)c(OC(C)C)c2c1. The molecule has 130 valence electrons. The zero-order chi connectivity index (χ0) is 17.7. The molecule has 0 spiro atoms. The highest BCUT2D eigenvalue weighted by molar-refractivity contribution is 7.21. The van der Waals surface area contributed by atoms with E-state index in [0.717, 1.165) is 10.1 Å². The standard InChI is InChI=1S/C17H21NO5S/c1-10(2)23-15-12-9-11(22-3)6-7-13(12)24-16(15)17(21)18-8-4-5-14(19)20/h6-7,9-10H,4-5,8H2,1-3H3,(H,18,21)(H,19,20). The first-order valence-electron chi connectivity index (χ1n) is 7.69. The van der Waals surface area contributed by atoms with Gasteiger partial charge in [0.05, 0.1) is 13.2 Å². The van der Waals surface area contributed by atoms with Crippen molar-refractivity contribution in [1.82, 2.24) is 5.32 Å². The van der Waals surface area contributed by atoms with Crippen LogP contribution >= 0.6 is 11.3 Å². The fourth-order valence-corrected chi connectivity index (χ4v) is 3.24. The number of hydrogen-bond acceptors (Lipinski definition) is 5. The van der Waals surface area contributed by atoms with E-state index in [4.69, 9.17) is 14.6 Å². The molecule has 0 fully saturated rings. The summed E-state index contributed by atoms with van der Waals surface area (Å²) in [5.74, 6) is 0.111. The van der Waals surface area contributed by atoms with Crippen molar-refractivity contribution >= 4 is 33.3 Å². The molecule has 1 heterocycles. The topological polar surface area (TPSA) is 84.9 Å². The quantitative estimate of drug-likeness (QED) is 0.713. The van der Waals surface area contributed by atoms with Crippen molar-refractivity contribution in [1.29, 1.82) is 0 Å². The van der Waals surface area contributed by atoms with Crippen molar-refractivity contribution < 1.29 is 24.2 Å². The first-order chi connectivity index (χ1) is 11.4. The number of fused-ring (bicyclic) bond motifs is 1. The van der Waals surface area contributed by atoms with Gasteiger partial charge < -0.3 is 19.9 Å². The molecule has 0 aliphatic carbocycles. The molecule has 0 atom stereocenters. The molecule has 6 nitrogen and oxygen atoms in total. The molecular formula is C17H21NO5S.